The number of anilines is 1. The van der Waals surface area contributed by atoms with Crippen LogP contribution < -0.4 is 16.3 Å². The van der Waals surface area contributed by atoms with E-state index in [0.717, 1.165) is 0 Å². The molecule has 106 valence electrons. The fraction of sp³-hybridized carbons (Fsp3) is 0.250. The summed E-state index contributed by atoms with van der Waals surface area (Å²) in [5.74, 6) is -1.47. The SMILES string of the molecule is CC(C)N(C(=O)n1oc(=O)[nH]c1=O)c1ccc(F)cc1. The zero-order valence-corrected chi connectivity index (χ0v) is 10.8. The maximum Gasteiger partial charge on any atom is 0.440 e. The number of aromatic amines is 1. The van der Waals surface area contributed by atoms with Crippen LogP contribution in [0, 0.1) is 5.82 Å². The molecule has 1 aromatic carbocycles. The lowest BCUT2D eigenvalue weighted by Crippen LogP contribution is -2.43. The van der Waals surface area contributed by atoms with Crippen molar-refractivity contribution in [2.24, 2.45) is 0 Å². The van der Waals surface area contributed by atoms with Crippen LogP contribution in [0.15, 0.2) is 38.4 Å². The lowest BCUT2D eigenvalue weighted by atomic mass is 10.2. The second kappa shape index (κ2) is 5.16. The number of hydrogen-bond donors (Lipinski definition) is 1. The summed E-state index contributed by atoms with van der Waals surface area (Å²) in [5, 5.41) is 0. The Labute approximate surface area is 112 Å². The predicted octanol–water partition coefficient (Wildman–Crippen LogP) is 1.15. The molecular formula is C12H12FN3O4. The molecule has 1 N–H and O–H groups in total. The lowest BCUT2D eigenvalue weighted by molar-refractivity contribution is 0.208. The van der Waals surface area contributed by atoms with Crippen molar-refractivity contribution >= 4 is 11.7 Å². The first-order chi connectivity index (χ1) is 9.40. The molecule has 8 heteroatoms. The molecule has 2 aromatic rings. The summed E-state index contributed by atoms with van der Waals surface area (Å²) in [6.07, 6.45) is 0. The third-order valence-electron chi connectivity index (χ3n) is 2.57. The van der Waals surface area contributed by atoms with Gasteiger partial charge in [0.1, 0.15) is 5.82 Å². The molecule has 0 atom stereocenters. The predicted molar refractivity (Wildman–Crippen MR) is 68.4 cm³/mol. The molecule has 1 heterocycles. The fourth-order valence-electron chi connectivity index (χ4n) is 1.74. The highest BCUT2D eigenvalue weighted by Crippen LogP contribution is 2.18. The van der Waals surface area contributed by atoms with Crippen LogP contribution in [0.25, 0.3) is 0 Å². The number of hydrogen-bond acceptors (Lipinski definition) is 4. The van der Waals surface area contributed by atoms with Crippen molar-refractivity contribution in [1.82, 2.24) is 9.72 Å². The number of benzene rings is 1. The van der Waals surface area contributed by atoms with E-state index < -0.39 is 23.3 Å². The summed E-state index contributed by atoms with van der Waals surface area (Å²) in [6.45, 7) is 3.41. The lowest BCUT2D eigenvalue weighted by Gasteiger charge is -2.25. The summed E-state index contributed by atoms with van der Waals surface area (Å²) >= 11 is 0. The zero-order chi connectivity index (χ0) is 14.9. The molecule has 0 unspecified atom stereocenters. The molecular weight excluding hydrogens is 269 g/mol. The molecule has 0 fully saturated rings. The number of aromatic nitrogens is 2. The van der Waals surface area contributed by atoms with Crippen molar-refractivity contribution in [3.05, 3.63) is 51.1 Å². The van der Waals surface area contributed by atoms with Gasteiger partial charge in [0.05, 0.1) is 0 Å². The zero-order valence-electron chi connectivity index (χ0n) is 10.8. The Hall–Kier alpha value is -2.64. The van der Waals surface area contributed by atoms with E-state index in [9.17, 15) is 18.8 Å². The van der Waals surface area contributed by atoms with Crippen LogP contribution >= 0.6 is 0 Å². The van der Waals surface area contributed by atoms with Crippen LogP contribution in [-0.2, 0) is 0 Å². The minimum absolute atomic E-state index is 0.325. The van der Waals surface area contributed by atoms with Crippen LogP contribution in [0.4, 0.5) is 14.9 Å². The van der Waals surface area contributed by atoms with Crippen molar-refractivity contribution in [2.75, 3.05) is 4.90 Å². The fourth-order valence-corrected chi connectivity index (χ4v) is 1.74. The number of nitrogens with zero attached hydrogens (tertiary/aromatic N) is 2. The quantitative estimate of drug-likeness (QED) is 0.894. The Bertz CT molecular complexity index is 726. The van der Waals surface area contributed by atoms with Gasteiger partial charge in [-0.3, -0.25) is 4.90 Å². The summed E-state index contributed by atoms with van der Waals surface area (Å²) in [6, 6.07) is 3.99. The number of rotatable bonds is 2. The third kappa shape index (κ3) is 2.53. The van der Waals surface area contributed by atoms with Gasteiger partial charge in [0.15, 0.2) is 0 Å². The van der Waals surface area contributed by atoms with Crippen LogP contribution in [0.1, 0.15) is 13.8 Å². The largest absolute Gasteiger partial charge is 0.440 e. The maximum absolute atomic E-state index is 12.9. The van der Waals surface area contributed by atoms with Gasteiger partial charge in [0.2, 0.25) is 0 Å². The number of carbonyl (C=O) groups excluding carboxylic acids is 1. The second-order valence-electron chi connectivity index (χ2n) is 4.33. The first-order valence-electron chi connectivity index (χ1n) is 5.82. The van der Waals surface area contributed by atoms with E-state index >= 15 is 0 Å². The Balaban J connectivity index is 2.46. The summed E-state index contributed by atoms with van der Waals surface area (Å²) in [4.78, 5) is 37.6. The van der Waals surface area contributed by atoms with Crippen molar-refractivity contribution in [1.29, 1.82) is 0 Å². The Kier molecular flexibility index (Phi) is 3.55. The minimum Gasteiger partial charge on any atom is -0.307 e. The van der Waals surface area contributed by atoms with Gasteiger partial charge in [-0.25, -0.2) is 23.8 Å². The molecule has 1 aromatic heterocycles. The highest BCUT2D eigenvalue weighted by atomic mass is 19.1. The van der Waals surface area contributed by atoms with Crippen LogP contribution in [-0.4, -0.2) is 21.8 Å². The average Bonchev–Trinajstić information content (AvgIpc) is 2.70. The summed E-state index contributed by atoms with van der Waals surface area (Å²) in [7, 11) is 0. The van der Waals surface area contributed by atoms with Crippen LogP contribution in [0.2, 0.25) is 0 Å². The maximum atomic E-state index is 12.9. The van der Waals surface area contributed by atoms with Crippen molar-refractivity contribution in [3.8, 4) is 0 Å². The van der Waals surface area contributed by atoms with Crippen LogP contribution in [0.3, 0.4) is 0 Å². The van der Waals surface area contributed by atoms with Gasteiger partial charge in [-0.15, -0.1) is 0 Å². The topological polar surface area (TPSA) is 88.3 Å². The highest BCUT2D eigenvalue weighted by Gasteiger charge is 2.24. The molecule has 0 saturated carbocycles. The second-order valence-corrected chi connectivity index (χ2v) is 4.33. The first-order valence-corrected chi connectivity index (χ1v) is 5.82. The van der Waals surface area contributed by atoms with Gasteiger partial charge in [0.25, 0.3) is 0 Å². The smallest absolute Gasteiger partial charge is 0.307 e. The average molecular weight is 281 g/mol. The number of halogens is 1. The monoisotopic (exact) mass is 281 g/mol. The summed E-state index contributed by atoms with van der Waals surface area (Å²) in [5.41, 5.74) is -0.588. The molecule has 2 rings (SSSR count). The van der Waals surface area contributed by atoms with E-state index in [2.05, 4.69) is 4.52 Å². The van der Waals surface area contributed by atoms with Gasteiger partial charge < -0.3 is 4.52 Å². The van der Waals surface area contributed by atoms with E-state index in [-0.39, 0.29) is 6.04 Å². The van der Waals surface area contributed by atoms with Crippen LogP contribution in [0.5, 0.6) is 0 Å². The number of nitrogens with one attached hydrogen (secondary N) is 1. The molecule has 0 aliphatic rings. The van der Waals surface area contributed by atoms with Gasteiger partial charge in [-0.2, -0.15) is 0 Å². The highest BCUT2D eigenvalue weighted by molar-refractivity contribution is 5.93. The molecule has 0 radical (unpaired) electrons. The number of carbonyl (C=O) groups is 1. The van der Waals surface area contributed by atoms with E-state index in [1.54, 1.807) is 13.8 Å². The molecule has 0 spiro atoms. The van der Waals surface area contributed by atoms with E-state index in [1.165, 1.54) is 29.2 Å². The van der Waals surface area contributed by atoms with E-state index in [0.29, 0.717) is 10.4 Å². The number of amides is 1. The van der Waals surface area contributed by atoms with Crippen molar-refractivity contribution < 1.29 is 13.7 Å². The Morgan fingerprint density at radius 3 is 2.35 bits per heavy atom. The van der Waals surface area contributed by atoms with E-state index in [4.69, 9.17) is 0 Å². The normalized spacial score (nSPS) is 10.8. The molecule has 0 saturated heterocycles. The van der Waals surface area contributed by atoms with Gasteiger partial charge >= 0.3 is 17.5 Å². The van der Waals surface area contributed by atoms with Gasteiger partial charge in [0, 0.05) is 11.7 Å². The standard InChI is InChI=1S/C12H12FN3O4/c1-7(2)15(9-5-3-8(13)4-6-9)12(19)16-10(17)14-11(18)20-16/h3-7H,1-2H3,(H,14,17,18). The Morgan fingerprint density at radius 1 is 1.30 bits per heavy atom. The molecule has 7 nitrogen and oxygen atoms in total. The summed E-state index contributed by atoms with van der Waals surface area (Å²) < 4.78 is 17.7. The molecule has 0 bridgehead atoms. The van der Waals surface area contributed by atoms with Crippen molar-refractivity contribution in [2.45, 2.75) is 19.9 Å². The molecule has 20 heavy (non-hydrogen) atoms. The third-order valence-corrected chi connectivity index (χ3v) is 2.57. The van der Waals surface area contributed by atoms with E-state index in [1.807, 2.05) is 4.98 Å². The molecule has 0 aliphatic carbocycles. The number of H-pyrrole nitrogens is 1. The molecule has 0 aliphatic heterocycles. The van der Waals surface area contributed by atoms with Crippen molar-refractivity contribution in [3.63, 3.8) is 0 Å². The molecule has 1 amide bonds. The first kappa shape index (κ1) is 13.8. The van der Waals surface area contributed by atoms with Gasteiger partial charge in [-0.1, -0.05) is 4.74 Å². The Morgan fingerprint density at radius 2 is 1.90 bits per heavy atom. The minimum atomic E-state index is -1.02. The van der Waals surface area contributed by atoms with Gasteiger partial charge in [-0.05, 0) is 38.1 Å².